The van der Waals surface area contributed by atoms with Gasteiger partial charge in [-0.05, 0) is 48.0 Å². The van der Waals surface area contributed by atoms with Gasteiger partial charge < -0.3 is 19.7 Å². The van der Waals surface area contributed by atoms with Crippen LogP contribution < -0.4 is 0 Å². The number of nitrogens with zero attached hydrogens (tertiary/aromatic N) is 1. The third-order valence-electron chi connectivity index (χ3n) is 4.47. The van der Waals surface area contributed by atoms with Crippen LogP contribution in [0.25, 0.3) is 22.0 Å². The van der Waals surface area contributed by atoms with Gasteiger partial charge in [0.05, 0.1) is 36.7 Å². The summed E-state index contributed by atoms with van der Waals surface area (Å²) in [5.41, 5.74) is 2.60. The summed E-state index contributed by atoms with van der Waals surface area (Å²) in [5, 5.41) is 20.1. The number of β-amino-alcohol motifs (C(OH)–C–C–N with tert-alkyl or cyclic N) is 2. The molecule has 7 heteroatoms. The van der Waals surface area contributed by atoms with Gasteiger partial charge in [0.25, 0.3) is 0 Å². The van der Waals surface area contributed by atoms with Gasteiger partial charge >= 0.3 is 0 Å². The highest BCUT2D eigenvalue weighted by molar-refractivity contribution is 7.89. The number of hydrogen-bond donors (Lipinski definition) is 3. The zero-order valence-electron chi connectivity index (χ0n) is 13.2. The van der Waals surface area contributed by atoms with Crippen LogP contribution in [-0.4, -0.2) is 49.4 Å². The number of aliphatic hydroxyl groups excluding tert-OH is 2. The second kappa shape index (κ2) is 6.44. The summed E-state index contributed by atoms with van der Waals surface area (Å²) < 4.78 is 27.4. The molecule has 3 aromatic rings. The third-order valence-corrected chi connectivity index (χ3v) is 5.91. The first-order valence-corrected chi connectivity index (χ1v) is 9.03. The lowest BCUT2D eigenvalue weighted by molar-refractivity contribution is 0.0572. The molecular formula is C18H17FN2O3S. The first-order valence-electron chi connectivity index (χ1n) is 7.93. The van der Waals surface area contributed by atoms with Crippen LogP contribution in [0.4, 0.5) is 4.39 Å². The van der Waals surface area contributed by atoms with Crippen molar-refractivity contribution >= 4 is 22.3 Å². The number of benzene rings is 2. The molecule has 130 valence electrons. The van der Waals surface area contributed by atoms with E-state index in [4.69, 9.17) is 0 Å². The number of nitrogens with one attached hydrogen (secondary N) is 1. The molecule has 0 spiro atoms. The van der Waals surface area contributed by atoms with Crippen LogP contribution in [0, 0.1) is 5.82 Å². The second-order valence-electron chi connectivity index (χ2n) is 6.15. The van der Waals surface area contributed by atoms with E-state index in [9.17, 15) is 19.2 Å². The minimum absolute atomic E-state index is 0.184. The van der Waals surface area contributed by atoms with Crippen molar-refractivity contribution in [3.05, 3.63) is 54.5 Å². The molecule has 3 N–H and O–H groups in total. The number of aromatic amines is 1. The fraction of sp³-hybridized carbons (Fsp3) is 0.222. The molecule has 2 aromatic carbocycles. The van der Waals surface area contributed by atoms with E-state index in [2.05, 4.69) is 4.98 Å². The predicted molar refractivity (Wildman–Crippen MR) is 93.7 cm³/mol. The van der Waals surface area contributed by atoms with Gasteiger partial charge in [0, 0.05) is 22.7 Å². The Kier molecular flexibility index (Phi) is 4.26. The number of hydrogen-bond acceptors (Lipinski definition) is 4. The van der Waals surface area contributed by atoms with Crippen molar-refractivity contribution < 1.29 is 19.2 Å². The highest BCUT2D eigenvalue weighted by atomic mass is 32.2. The molecule has 1 saturated heterocycles. The van der Waals surface area contributed by atoms with Crippen LogP contribution in [0.1, 0.15) is 0 Å². The largest absolute Gasteiger partial charge is 0.593 e. The maximum absolute atomic E-state index is 13.3. The third kappa shape index (κ3) is 3.05. The second-order valence-corrected chi connectivity index (χ2v) is 7.63. The minimum Gasteiger partial charge on any atom is -0.593 e. The molecule has 1 aliphatic rings. The van der Waals surface area contributed by atoms with Crippen LogP contribution in [-0.2, 0) is 11.4 Å². The Morgan fingerprint density at radius 2 is 1.76 bits per heavy atom. The maximum Gasteiger partial charge on any atom is 0.174 e. The fourth-order valence-electron chi connectivity index (χ4n) is 3.11. The molecule has 5 nitrogen and oxygen atoms in total. The number of fused-ring (bicyclic) bond motifs is 1. The van der Waals surface area contributed by atoms with Crippen molar-refractivity contribution in [2.45, 2.75) is 17.1 Å². The van der Waals surface area contributed by atoms with Crippen LogP contribution in [0.15, 0.2) is 53.6 Å². The number of aliphatic hydroxyl groups is 2. The molecule has 3 unspecified atom stereocenters. The summed E-state index contributed by atoms with van der Waals surface area (Å²) in [6, 6.07) is 11.9. The molecular weight excluding hydrogens is 343 g/mol. The zero-order chi connectivity index (χ0) is 17.6. The first kappa shape index (κ1) is 16.6. The molecule has 4 rings (SSSR count). The lowest BCUT2D eigenvalue weighted by Crippen LogP contribution is -2.29. The van der Waals surface area contributed by atoms with E-state index in [0.717, 1.165) is 22.0 Å². The molecule has 0 aliphatic carbocycles. The average molecular weight is 360 g/mol. The van der Waals surface area contributed by atoms with Crippen molar-refractivity contribution in [2.75, 3.05) is 13.1 Å². The van der Waals surface area contributed by atoms with Crippen LogP contribution >= 0.6 is 0 Å². The van der Waals surface area contributed by atoms with E-state index in [0.29, 0.717) is 4.90 Å². The molecule has 0 amide bonds. The molecule has 25 heavy (non-hydrogen) atoms. The van der Waals surface area contributed by atoms with E-state index in [-0.39, 0.29) is 18.9 Å². The molecule has 3 atom stereocenters. The lowest BCUT2D eigenvalue weighted by atomic mass is 10.1. The van der Waals surface area contributed by atoms with Crippen molar-refractivity contribution in [1.82, 2.24) is 9.29 Å². The normalized spacial score (nSPS) is 22.6. The van der Waals surface area contributed by atoms with Gasteiger partial charge in [-0.25, -0.2) is 4.39 Å². The average Bonchev–Trinajstić information content (AvgIpc) is 3.17. The van der Waals surface area contributed by atoms with Crippen LogP contribution in [0.3, 0.4) is 0 Å². The van der Waals surface area contributed by atoms with E-state index in [1.54, 1.807) is 22.5 Å². The van der Waals surface area contributed by atoms with Gasteiger partial charge in [-0.2, -0.15) is 0 Å². The molecule has 1 fully saturated rings. The van der Waals surface area contributed by atoms with Gasteiger partial charge in [0.2, 0.25) is 0 Å². The van der Waals surface area contributed by atoms with Crippen molar-refractivity contribution in [2.24, 2.45) is 0 Å². The van der Waals surface area contributed by atoms with Crippen LogP contribution in [0.5, 0.6) is 0 Å². The number of aromatic nitrogens is 1. The van der Waals surface area contributed by atoms with E-state index in [1.165, 1.54) is 12.1 Å². The van der Waals surface area contributed by atoms with Gasteiger partial charge in [-0.15, -0.1) is 4.31 Å². The standard InChI is InChI=1S/C18H17FN2O3S/c19-12-3-6-14-15(8-20-16(14)7-12)11-1-4-13(5-2-11)25(24)21-9-17(22)18(23)10-21/h1-8,17-18,20,22-23H,9-10H2. The Morgan fingerprint density at radius 1 is 1.08 bits per heavy atom. The van der Waals surface area contributed by atoms with Gasteiger partial charge in [-0.3, -0.25) is 0 Å². The quantitative estimate of drug-likeness (QED) is 0.624. The Morgan fingerprint density at radius 3 is 2.44 bits per heavy atom. The fourth-order valence-corrected chi connectivity index (χ4v) is 4.35. The summed E-state index contributed by atoms with van der Waals surface area (Å²) in [4.78, 5) is 3.66. The van der Waals surface area contributed by atoms with Crippen molar-refractivity contribution in [3.8, 4) is 11.1 Å². The molecule has 2 heterocycles. The van der Waals surface area contributed by atoms with Crippen LogP contribution in [0.2, 0.25) is 0 Å². The summed E-state index contributed by atoms with van der Waals surface area (Å²) in [7, 11) is 0. The SMILES string of the molecule is [O-][S+](c1ccc(-c2c[nH]c3cc(F)ccc23)cc1)N1CC(O)C(O)C1. The summed E-state index contributed by atoms with van der Waals surface area (Å²) in [6.45, 7) is 0.368. The van der Waals surface area contributed by atoms with Gasteiger partial charge in [0.1, 0.15) is 5.82 Å². The number of halogens is 1. The monoisotopic (exact) mass is 360 g/mol. The topological polar surface area (TPSA) is 82.5 Å². The smallest absolute Gasteiger partial charge is 0.174 e. The van der Waals surface area contributed by atoms with E-state index >= 15 is 0 Å². The highest BCUT2D eigenvalue weighted by Crippen LogP contribution is 2.30. The summed E-state index contributed by atoms with van der Waals surface area (Å²) >= 11 is -1.43. The lowest BCUT2D eigenvalue weighted by Gasteiger charge is -2.18. The molecule has 0 radical (unpaired) electrons. The minimum atomic E-state index is -1.43. The summed E-state index contributed by atoms with van der Waals surface area (Å²) in [6.07, 6.45) is 0.0909. The number of rotatable bonds is 3. The molecule has 0 bridgehead atoms. The Balaban J connectivity index is 1.59. The predicted octanol–water partition coefficient (Wildman–Crippen LogP) is 2.03. The summed E-state index contributed by atoms with van der Waals surface area (Å²) in [5.74, 6) is -0.290. The van der Waals surface area contributed by atoms with Gasteiger partial charge in [0.15, 0.2) is 4.90 Å². The zero-order valence-corrected chi connectivity index (χ0v) is 14.0. The van der Waals surface area contributed by atoms with Crippen molar-refractivity contribution in [1.29, 1.82) is 0 Å². The maximum atomic E-state index is 13.3. The Labute approximate surface area is 147 Å². The molecule has 1 aromatic heterocycles. The first-order chi connectivity index (χ1) is 12.0. The van der Waals surface area contributed by atoms with Gasteiger partial charge in [-0.1, -0.05) is 0 Å². The Bertz CT molecular complexity index is 889. The van der Waals surface area contributed by atoms with E-state index in [1.807, 2.05) is 18.3 Å². The van der Waals surface area contributed by atoms with Crippen molar-refractivity contribution in [3.63, 3.8) is 0 Å². The highest BCUT2D eigenvalue weighted by Gasteiger charge is 2.37. The number of H-pyrrole nitrogens is 1. The molecule has 1 aliphatic heterocycles. The van der Waals surface area contributed by atoms with E-state index < -0.39 is 23.6 Å². The Hall–Kier alpha value is -1.90. The molecule has 0 saturated carbocycles.